The van der Waals surface area contributed by atoms with E-state index in [1.165, 1.54) is 29.5 Å². The minimum absolute atomic E-state index is 0.376. The number of nitriles is 1. The molecule has 1 atom stereocenters. The van der Waals surface area contributed by atoms with Gasteiger partial charge in [-0.2, -0.15) is 5.26 Å². The minimum atomic E-state index is 0.376. The van der Waals surface area contributed by atoms with Crippen LogP contribution >= 0.6 is 0 Å². The summed E-state index contributed by atoms with van der Waals surface area (Å²) in [6.45, 7) is 8.07. The zero-order chi connectivity index (χ0) is 23.7. The predicted molar refractivity (Wildman–Crippen MR) is 137 cm³/mol. The standard InChI is InChI=1S/C29H31N5/c1-4-27-33-28-19(2)15-20(3)32-29(28)34(27)18-21-8-10-22(11-9-21)25-16-23(12-13-24(25)17-30)26-7-5-6-14-31-26/h8-13,15-16,26,31H,4-7,14,18H2,1-3H3. The molecular weight excluding hydrogens is 418 g/mol. The molecule has 5 nitrogen and oxygen atoms in total. The lowest BCUT2D eigenvalue weighted by molar-refractivity contribution is 0.412. The van der Waals surface area contributed by atoms with E-state index in [-0.39, 0.29) is 0 Å². The number of fused-ring (bicyclic) bond motifs is 1. The number of nitrogens with zero attached hydrogens (tertiary/aromatic N) is 4. The highest BCUT2D eigenvalue weighted by atomic mass is 15.1. The van der Waals surface area contributed by atoms with Crippen LogP contribution in [0, 0.1) is 25.2 Å². The van der Waals surface area contributed by atoms with E-state index < -0.39 is 0 Å². The Balaban J connectivity index is 1.47. The molecule has 0 aliphatic carbocycles. The van der Waals surface area contributed by atoms with Gasteiger partial charge in [0.25, 0.3) is 0 Å². The van der Waals surface area contributed by atoms with Gasteiger partial charge in [0.05, 0.1) is 18.2 Å². The van der Waals surface area contributed by atoms with Crippen molar-refractivity contribution in [2.45, 2.75) is 59.0 Å². The summed E-state index contributed by atoms with van der Waals surface area (Å²) in [7, 11) is 0. The predicted octanol–water partition coefficient (Wildman–Crippen LogP) is 6.01. The molecule has 3 heterocycles. The smallest absolute Gasteiger partial charge is 0.160 e. The third kappa shape index (κ3) is 4.22. The van der Waals surface area contributed by atoms with Gasteiger partial charge in [-0.25, -0.2) is 9.97 Å². The number of hydrogen-bond acceptors (Lipinski definition) is 4. The molecular formula is C29H31N5. The average molecular weight is 450 g/mol. The van der Waals surface area contributed by atoms with Gasteiger partial charge in [-0.15, -0.1) is 0 Å². The Kier molecular flexibility index (Phi) is 6.17. The van der Waals surface area contributed by atoms with Crippen molar-refractivity contribution >= 4 is 11.2 Å². The van der Waals surface area contributed by atoms with E-state index in [4.69, 9.17) is 9.97 Å². The van der Waals surface area contributed by atoms with E-state index in [9.17, 15) is 5.26 Å². The first-order chi connectivity index (χ1) is 16.6. The molecule has 1 saturated heterocycles. The third-order valence-electron chi connectivity index (χ3n) is 6.90. The number of nitrogens with one attached hydrogen (secondary N) is 1. The molecule has 5 rings (SSSR count). The normalized spacial score (nSPS) is 16.0. The van der Waals surface area contributed by atoms with Crippen LogP contribution in [0.2, 0.25) is 0 Å². The van der Waals surface area contributed by atoms with Crippen molar-refractivity contribution in [1.29, 1.82) is 5.26 Å². The van der Waals surface area contributed by atoms with Gasteiger partial charge in [0, 0.05) is 18.2 Å². The van der Waals surface area contributed by atoms with E-state index in [0.29, 0.717) is 6.04 Å². The van der Waals surface area contributed by atoms with Crippen molar-refractivity contribution in [3.8, 4) is 17.2 Å². The SMILES string of the molecule is CCc1nc2c(C)cc(C)nc2n1Cc1ccc(-c2cc(C3CCCCN3)ccc2C#N)cc1. The van der Waals surface area contributed by atoms with Crippen LogP contribution in [0.25, 0.3) is 22.3 Å². The average Bonchev–Trinajstić information content (AvgIpc) is 3.22. The molecule has 1 aliphatic heterocycles. The fraction of sp³-hybridized carbons (Fsp3) is 0.345. The third-order valence-corrected chi connectivity index (χ3v) is 6.90. The molecule has 2 aromatic carbocycles. The van der Waals surface area contributed by atoms with Gasteiger partial charge >= 0.3 is 0 Å². The summed E-state index contributed by atoms with van der Waals surface area (Å²) in [5.41, 5.74) is 9.40. The fourth-order valence-electron chi connectivity index (χ4n) is 5.11. The maximum absolute atomic E-state index is 9.73. The van der Waals surface area contributed by atoms with Gasteiger partial charge in [0.2, 0.25) is 0 Å². The van der Waals surface area contributed by atoms with Crippen LogP contribution in [0.15, 0.2) is 48.5 Å². The number of pyridine rings is 1. The summed E-state index contributed by atoms with van der Waals surface area (Å²) >= 11 is 0. The lowest BCUT2D eigenvalue weighted by atomic mass is 9.91. The van der Waals surface area contributed by atoms with Crippen LogP contribution in [0.5, 0.6) is 0 Å². The molecule has 0 saturated carbocycles. The quantitative estimate of drug-likeness (QED) is 0.405. The monoisotopic (exact) mass is 449 g/mol. The first-order valence-electron chi connectivity index (χ1n) is 12.3. The molecule has 2 aromatic heterocycles. The number of rotatable bonds is 5. The Morgan fingerprint density at radius 1 is 1.06 bits per heavy atom. The molecule has 5 heteroatoms. The molecule has 0 bridgehead atoms. The van der Waals surface area contributed by atoms with Crippen LogP contribution in [0.3, 0.4) is 0 Å². The Morgan fingerprint density at radius 3 is 2.59 bits per heavy atom. The zero-order valence-corrected chi connectivity index (χ0v) is 20.2. The Labute approximate surface area is 201 Å². The van der Waals surface area contributed by atoms with Crippen molar-refractivity contribution < 1.29 is 0 Å². The summed E-state index contributed by atoms with van der Waals surface area (Å²) in [4.78, 5) is 9.67. The second-order valence-corrected chi connectivity index (χ2v) is 9.34. The highest BCUT2D eigenvalue weighted by molar-refractivity contribution is 5.76. The molecule has 0 radical (unpaired) electrons. The van der Waals surface area contributed by atoms with Gasteiger partial charge in [-0.3, -0.25) is 0 Å². The zero-order valence-electron chi connectivity index (χ0n) is 20.2. The second-order valence-electron chi connectivity index (χ2n) is 9.34. The van der Waals surface area contributed by atoms with Gasteiger partial charge in [0.1, 0.15) is 11.3 Å². The van der Waals surface area contributed by atoms with Crippen LogP contribution in [0.4, 0.5) is 0 Å². The molecule has 1 aliphatic rings. The number of aryl methyl sites for hydroxylation is 3. The molecule has 4 aromatic rings. The fourth-order valence-corrected chi connectivity index (χ4v) is 5.11. The van der Waals surface area contributed by atoms with Crippen molar-refractivity contribution in [1.82, 2.24) is 19.9 Å². The molecule has 34 heavy (non-hydrogen) atoms. The van der Waals surface area contributed by atoms with Crippen LogP contribution in [-0.2, 0) is 13.0 Å². The maximum atomic E-state index is 9.73. The lowest BCUT2D eigenvalue weighted by Crippen LogP contribution is -2.26. The maximum Gasteiger partial charge on any atom is 0.160 e. The van der Waals surface area contributed by atoms with E-state index in [2.05, 4.69) is 72.3 Å². The molecule has 1 unspecified atom stereocenters. The minimum Gasteiger partial charge on any atom is -0.310 e. The Hall–Kier alpha value is -3.49. The Bertz CT molecular complexity index is 1370. The van der Waals surface area contributed by atoms with E-state index in [0.717, 1.165) is 65.3 Å². The van der Waals surface area contributed by atoms with Crippen molar-refractivity contribution in [3.05, 3.63) is 82.3 Å². The highest BCUT2D eigenvalue weighted by Crippen LogP contribution is 2.30. The van der Waals surface area contributed by atoms with Crippen molar-refractivity contribution in [3.63, 3.8) is 0 Å². The van der Waals surface area contributed by atoms with E-state index >= 15 is 0 Å². The van der Waals surface area contributed by atoms with E-state index in [1.54, 1.807) is 0 Å². The number of hydrogen-bond donors (Lipinski definition) is 1. The topological polar surface area (TPSA) is 66.5 Å². The second kappa shape index (κ2) is 9.40. The summed E-state index contributed by atoms with van der Waals surface area (Å²) in [5.74, 6) is 1.06. The summed E-state index contributed by atoms with van der Waals surface area (Å²) < 4.78 is 2.24. The largest absolute Gasteiger partial charge is 0.310 e. The Morgan fingerprint density at radius 2 is 1.88 bits per heavy atom. The van der Waals surface area contributed by atoms with Gasteiger partial charge in [-0.05, 0) is 79.3 Å². The number of piperidine rings is 1. The number of aromatic nitrogens is 3. The van der Waals surface area contributed by atoms with Gasteiger partial charge < -0.3 is 9.88 Å². The van der Waals surface area contributed by atoms with Crippen molar-refractivity contribution in [2.75, 3.05) is 6.54 Å². The molecule has 1 fully saturated rings. The van der Waals surface area contributed by atoms with Crippen LogP contribution < -0.4 is 5.32 Å². The van der Waals surface area contributed by atoms with Crippen LogP contribution in [-0.4, -0.2) is 21.1 Å². The van der Waals surface area contributed by atoms with Gasteiger partial charge in [0.15, 0.2) is 5.65 Å². The highest BCUT2D eigenvalue weighted by Gasteiger charge is 2.17. The first kappa shape index (κ1) is 22.3. The molecule has 172 valence electrons. The summed E-state index contributed by atoms with van der Waals surface area (Å²) in [5, 5.41) is 13.3. The number of benzene rings is 2. The molecule has 0 spiro atoms. The van der Waals surface area contributed by atoms with E-state index in [1.807, 2.05) is 13.0 Å². The van der Waals surface area contributed by atoms with Gasteiger partial charge in [-0.1, -0.05) is 43.7 Å². The van der Waals surface area contributed by atoms with Crippen molar-refractivity contribution in [2.24, 2.45) is 0 Å². The summed E-state index contributed by atoms with van der Waals surface area (Å²) in [6, 6.07) is 19.7. The number of imidazole rings is 1. The lowest BCUT2D eigenvalue weighted by Gasteiger charge is -2.24. The first-order valence-corrected chi connectivity index (χ1v) is 12.3. The van der Waals surface area contributed by atoms with Crippen LogP contribution in [0.1, 0.15) is 66.0 Å². The molecule has 1 N–H and O–H groups in total. The summed E-state index contributed by atoms with van der Waals surface area (Å²) in [6.07, 6.45) is 4.50. The molecule has 0 amide bonds.